The molecule has 0 saturated carbocycles. The Morgan fingerprint density at radius 3 is 2.62 bits per heavy atom. The normalized spacial score (nSPS) is 11.0. The third-order valence-corrected chi connectivity index (χ3v) is 4.25. The molecule has 3 N–H and O–H groups in total. The summed E-state index contributed by atoms with van der Waals surface area (Å²) in [6.45, 7) is 0. The van der Waals surface area contributed by atoms with E-state index < -0.39 is 5.97 Å². The zero-order chi connectivity index (χ0) is 18.3. The molecule has 0 radical (unpaired) electrons. The SMILES string of the molecule is CN(C)c1ccc(Nc2nc3cnccc3c3cc(C(=O)O)[nH]c23)cc1. The van der Waals surface area contributed by atoms with Gasteiger partial charge in [-0.05, 0) is 36.4 Å². The van der Waals surface area contributed by atoms with E-state index in [1.165, 1.54) is 0 Å². The molecule has 7 nitrogen and oxygen atoms in total. The average Bonchev–Trinajstić information content (AvgIpc) is 3.08. The van der Waals surface area contributed by atoms with Crippen molar-refractivity contribution >= 4 is 45.0 Å². The summed E-state index contributed by atoms with van der Waals surface area (Å²) in [6.07, 6.45) is 3.34. The number of benzene rings is 1. The van der Waals surface area contributed by atoms with Crippen molar-refractivity contribution in [1.82, 2.24) is 15.0 Å². The van der Waals surface area contributed by atoms with Crippen molar-refractivity contribution in [3.05, 3.63) is 54.5 Å². The lowest BCUT2D eigenvalue weighted by molar-refractivity contribution is 0.0691. The topological polar surface area (TPSA) is 94.1 Å². The molecule has 0 spiro atoms. The van der Waals surface area contributed by atoms with E-state index in [0.29, 0.717) is 16.9 Å². The number of fused-ring (bicyclic) bond motifs is 3. The number of pyridine rings is 2. The third-order valence-electron chi connectivity index (χ3n) is 4.25. The minimum atomic E-state index is -1.01. The number of hydrogen-bond donors (Lipinski definition) is 3. The lowest BCUT2D eigenvalue weighted by atomic mass is 10.1. The number of aromatic carboxylic acids is 1. The molecule has 0 amide bonds. The van der Waals surface area contributed by atoms with Gasteiger partial charge in [0.2, 0.25) is 0 Å². The van der Waals surface area contributed by atoms with Gasteiger partial charge in [0, 0.05) is 42.4 Å². The molecule has 4 rings (SSSR count). The second-order valence-corrected chi connectivity index (χ2v) is 6.20. The standard InChI is InChI=1S/C19H17N5O2/c1-24(2)12-5-3-11(4-6-12)21-18-17-14(9-15(22-17)19(25)26)13-7-8-20-10-16(13)23-18/h3-10,22H,1-2H3,(H,21,23)(H,25,26). The first kappa shape index (κ1) is 15.9. The van der Waals surface area contributed by atoms with Crippen molar-refractivity contribution in [3.63, 3.8) is 0 Å². The van der Waals surface area contributed by atoms with Crippen LogP contribution in [0.5, 0.6) is 0 Å². The Labute approximate surface area is 149 Å². The molecule has 3 aromatic heterocycles. The van der Waals surface area contributed by atoms with Crippen LogP contribution in [-0.4, -0.2) is 40.1 Å². The van der Waals surface area contributed by atoms with E-state index in [-0.39, 0.29) is 5.69 Å². The highest BCUT2D eigenvalue weighted by molar-refractivity contribution is 6.11. The number of H-pyrrole nitrogens is 1. The number of nitrogens with one attached hydrogen (secondary N) is 2. The van der Waals surface area contributed by atoms with Gasteiger partial charge in [-0.15, -0.1) is 0 Å². The van der Waals surface area contributed by atoms with E-state index in [0.717, 1.165) is 22.1 Å². The van der Waals surface area contributed by atoms with Crippen LogP contribution in [0.3, 0.4) is 0 Å². The van der Waals surface area contributed by atoms with E-state index in [4.69, 9.17) is 0 Å². The van der Waals surface area contributed by atoms with Crippen molar-refractivity contribution in [2.45, 2.75) is 0 Å². The van der Waals surface area contributed by atoms with Crippen LogP contribution >= 0.6 is 0 Å². The molecule has 130 valence electrons. The van der Waals surface area contributed by atoms with E-state index in [1.54, 1.807) is 18.5 Å². The maximum Gasteiger partial charge on any atom is 0.352 e. The highest BCUT2D eigenvalue weighted by atomic mass is 16.4. The quantitative estimate of drug-likeness (QED) is 0.522. The van der Waals surface area contributed by atoms with Crippen molar-refractivity contribution in [2.24, 2.45) is 0 Å². The molecule has 0 saturated heterocycles. The Balaban J connectivity index is 1.85. The fraction of sp³-hybridized carbons (Fsp3) is 0.105. The first-order chi connectivity index (χ1) is 12.5. The van der Waals surface area contributed by atoms with Crippen LogP contribution in [0.25, 0.3) is 21.8 Å². The molecular weight excluding hydrogens is 330 g/mol. The monoisotopic (exact) mass is 347 g/mol. The van der Waals surface area contributed by atoms with Gasteiger partial charge in [-0.2, -0.15) is 0 Å². The van der Waals surface area contributed by atoms with E-state index >= 15 is 0 Å². The lowest BCUT2D eigenvalue weighted by Crippen LogP contribution is -2.08. The second kappa shape index (κ2) is 6.03. The fourth-order valence-corrected chi connectivity index (χ4v) is 2.92. The van der Waals surface area contributed by atoms with Crippen LogP contribution in [0.4, 0.5) is 17.2 Å². The van der Waals surface area contributed by atoms with Crippen molar-refractivity contribution in [2.75, 3.05) is 24.3 Å². The molecule has 0 aliphatic rings. The third kappa shape index (κ3) is 2.69. The van der Waals surface area contributed by atoms with Gasteiger partial charge in [0.15, 0.2) is 5.82 Å². The molecule has 1 aromatic carbocycles. The van der Waals surface area contributed by atoms with E-state index in [2.05, 4.69) is 20.3 Å². The van der Waals surface area contributed by atoms with Gasteiger partial charge in [-0.3, -0.25) is 4.98 Å². The van der Waals surface area contributed by atoms with Gasteiger partial charge in [0.25, 0.3) is 0 Å². The van der Waals surface area contributed by atoms with Gasteiger partial charge in [-0.1, -0.05) is 0 Å². The van der Waals surface area contributed by atoms with E-state index in [1.807, 2.05) is 49.3 Å². The highest BCUT2D eigenvalue weighted by Crippen LogP contribution is 2.31. The maximum absolute atomic E-state index is 11.4. The molecule has 7 heteroatoms. The number of carboxylic acids is 1. The number of hydrogen-bond acceptors (Lipinski definition) is 5. The summed E-state index contributed by atoms with van der Waals surface area (Å²) in [5.74, 6) is -0.449. The summed E-state index contributed by atoms with van der Waals surface area (Å²) in [5, 5.41) is 14.3. The summed E-state index contributed by atoms with van der Waals surface area (Å²) >= 11 is 0. The van der Waals surface area contributed by atoms with Crippen LogP contribution in [0.15, 0.2) is 48.8 Å². The Bertz CT molecular complexity index is 1120. The molecule has 0 aliphatic carbocycles. The first-order valence-corrected chi connectivity index (χ1v) is 8.07. The number of nitrogens with zero attached hydrogens (tertiary/aromatic N) is 3. The van der Waals surface area contributed by atoms with Crippen LogP contribution in [0.1, 0.15) is 10.5 Å². The number of rotatable bonds is 4. The zero-order valence-electron chi connectivity index (χ0n) is 14.3. The molecule has 0 bridgehead atoms. The summed E-state index contributed by atoms with van der Waals surface area (Å²) < 4.78 is 0. The van der Waals surface area contributed by atoms with Crippen LogP contribution in [0, 0.1) is 0 Å². The van der Waals surface area contributed by atoms with Gasteiger partial charge < -0.3 is 20.3 Å². The van der Waals surface area contributed by atoms with Gasteiger partial charge >= 0.3 is 5.97 Å². The minimum absolute atomic E-state index is 0.122. The minimum Gasteiger partial charge on any atom is -0.477 e. The molecule has 0 fully saturated rings. The molecule has 0 aliphatic heterocycles. The molecule has 4 aromatic rings. The number of carbonyl (C=O) groups is 1. The van der Waals surface area contributed by atoms with E-state index in [9.17, 15) is 9.90 Å². The Morgan fingerprint density at radius 2 is 1.92 bits per heavy atom. The summed E-state index contributed by atoms with van der Waals surface area (Å²) in [5.41, 5.74) is 3.42. The summed E-state index contributed by atoms with van der Waals surface area (Å²) in [6, 6.07) is 11.4. The molecular formula is C19H17N5O2. The Kier molecular flexibility index (Phi) is 3.69. The predicted molar refractivity (Wildman–Crippen MR) is 102 cm³/mol. The molecule has 26 heavy (non-hydrogen) atoms. The predicted octanol–water partition coefficient (Wildman–Crippen LogP) is 3.62. The Morgan fingerprint density at radius 1 is 1.15 bits per heavy atom. The van der Waals surface area contributed by atoms with Crippen LogP contribution in [-0.2, 0) is 0 Å². The second-order valence-electron chi connectivity index (χ2n) is 6.20. The Hall–Kier alpha value is -3.61. The van der Waals surface area contributed by atoms with Gasteiger partial charge in [0.05, 0.1) is 17.2 Å². The smallest absolute Gasteiger partial charge is 0.352 e. The van der Waals surface area contributed by atoms with Crippen molar-refractivity contribution in [3.8, 4) is 0 Å². The van der Waals surface area contributed by atoms with Crippen molar-refractivity contribution in [1.29, 1.82) is 0 Å². The largest absolute Gasteiger partial charge is 0.477 e. The first-order valence-electron chi connectivity index (χ1n) is 8.07. The van der Waals surface area contributed by atoms with Crippen molar-refractivity contribution < 1.29 is 9.90 Å². The molecule has 0 atom stereocenters. The van der Waals surface area contributed by atoms with Gasteiger partial charge in [-0.25, -0.2) is 9.78 Å². The highest BCUT2D eigenvalue weighted by Gasteiger charge is 2.15. The number of aromatic nitrogens is 3. The number of anilines is 3. The summed E-state index contributed by atoms with van der Waals surface area (Å²) in [4.78, 5) is 25.1. The van der Waals surface area contributed by atoms with Crippen LogP contribution < -0.4 is 10.2 Å². The maximum atomic E-state index is 11.4. The molecule has 3 heterocycles. The van der Waals surface area contributed by atoms with Gasteiger partial charge in [0.1, 0.15) is 5.69 Å². The molecule has 0 unspecified atom stereocenters. The zero-order valence-corrected chi connectivity index (χ0v) is 14.3. The van der Waals surface area contributed by atoms with Crippen LogP contribution in [0.2, 0.25) is 0 Å². The number of carboxylic acid groups (broad SMARTS) is 1. The number of aromatic amines is 1. The lowest BCUT2D eigenvalue weighted by Gasteiger charge is -2.13. The fourth-order valence-electron chi connectivity index (χ4n) is 2.92. The summed E-state index contributed by atoms with van der Waals surface area (Å²) in [7, 11) is 3.96. The average molecular weight is 347 g/mol.